The molecular formula is C17H21N3O. The Bertz CT molecular complexity index is 608. The van der Waals surface area contributed by atoms with E-state index in [1.807, 2.05) is 50.2 Å². The van der Waals surface area contributed by atoms with Gasteiger partial charge in [0.25, 0.3) is 0 Å². The molecule has 110 valence electrons. The molecule has 3 N–H and O–H groups in total. The number of nitrogen functional groups attached to an aromatic ring is 1. The molecule has 2 rings (SSSR count). The van der Waals surface area contributed by atoms with Crippen LogP contribution in [0.3, 0.4) is 0 Å². The van der Waals surface area contributed by atoms with Gasteiger partial charge >= 0.3 is 6.03 Å². The van der Waals surface area contributed by atoms with Crippen LogP contribution in [-0.4, -0.2) is 12.6 Å². The molecule has 2 aromatic rings. The lowest BCUT2D eigenvalue weighted by molar-refractivity contribution is 0.257. The summed E-state index contributed by atoms with van der Waals surface area (Å²) in [5.41, 5.74) is 9.15. The van der Waals surface area contributed by atoms with Crippen molar-refractivity contribution in [1.29, 1.82) is 0 Å². The Kier molecular flexibility index (Phi) is 4.82. The van der Waals surface area contributed by atoms with Crippen molar-refractivity contribution in [1.82, 2.24) is 0 Å². The molecule has 4 heteroatoms. The third-order valence-corrected chi connectivity index (χ3v) is 3.17. The van der Waals surface area contributed by atoms with Crippen molar-refractivity contribution in [3.63, 3.8) is 0 Å². The highest BCUT2D eigenvalue weighted by Crippen LogP contribution is 2.19. The van der Waals surface area contributed by atoms with Crippen LogP contribution in [0.4, 0.5) is 21.9 Å². The van der Waals surface area contributed by atoms with Crippen molar-refractivity contribution in [2.24, 2.45) is 0 Å². The van der Waals surface area contributed by atoms with E-state index in [4.69, 9.17) is 5.73 Å². The van der Waals surface area contributed by atoms with E-state index in [1.165, 1.54) is 0 Å². The summed E-state index contributed by atoms with van der Waals surface area (Å²) >= 11 is 0. The largest absolute Gasteiger partial charge is 0.399 e. The Balaban J connectivity index is 2.17. The Morgan fingerprint density at radius 2 is 1.90 bits per heavy atom. The molecule has 0 aliphatic rings. The van der Waals surface area contributed by atoms with Gasteiger partial charge in [0.15, 0.2) is 0 Å². The predicted octanol–water partition coefficient (Wildman–Crippen LogP) is 4.03. The van der Waals surface area contributed by atoms with E-state index in [9.17, 15) is 4.79 Å². The van der Waals surface area contributed by atoms with E-state index in [-0.39, 0.29) is 6.03 Å². The molecule has 0 aliphatic heterocycles. The van der Waals surface area contributed by atoms with E-state index in [0.29, 0.717) is 12.2 Å². The Morgan fingerprint density at radius 3 is 2.52 bits per heavy atom. The fourth-order valence-corrected chi connectivity index (χ4v) is 2.14. The number of urea groups is 1. The Morgan fingerprint density at radius 1 is 1.19 bits per heavy atom. The summed E-state index contributed by atoms with van der Waals surface area (Å²) in [4.78, 5) is 14.2. The first kappa shape index (κ1) is 14.9. The van der Waals surface area contributed by atoms with E-state index in [1.54, 1.807) is 17.0 Å². The highest BCUT2D eigenvalue weighted by Gasteiger charge is 2.14. The first-order chi connectivity index (χ1) is 10.1. The summed E-state index contributed by atoms with van der Waals surface area (Å²) in [6, 6.07) is 15.0. The molecule has 2 amide bonds. The van der Waals surface area contributed by atoms with Gasteiger partial charge in [-0.25, -0.2) is 4.79 Å². The molecule has 0 aliphatic carbocycles. The fourth-order valence-electron chi connectivity index (χ4n) is 2.14. The number of nitrogens with one attached hydrogen (secondary N) is 1. The molecule has 4 nitrogen and oxygen atoms in total. The molecular weight excluding hydrogens is 262 g/mol. The summed E-state index contributed by atoms with van der Waals surface area (Å²) in [5.74, 6) is 0. The van der Waals surface area contributed by atoms with E-state index >= 15 is 0 Å². The van der Waals surface area contributed by atoms with Gasteiger partial charge in [-0.1, -0.05) is 19.1 Å². The maximum Gasteiger partial charge on any atom is 0.326 e. The molecule has 2 aromatic carbocycles. The van der Waals surface area contributed by atoms with Crippen LogP contribution >= 0.6 is 0 Å². The molecule has 0 spiro atoms. The lowest BCUT2D eigenvalue weighted by atomic mass is 10.2. The standard InChI is InChI=1S/C17H21N3O/c1-3-11-20(16-9-7-14(18)8-10-16)17(21)19-15-6-4-5-13(2)12-15/h4-10,12H,3,11,18H2,1-2H3,(H,19,21). The van der Waals surface area contributed by atoms with Gasteiger partial charge in [0, 0.05) is 23.6 Å². The number of benzene rings is 2. The second-order valence-corrected chi connectivity index (χ2v) is 5.04. The first-order valence-electron chi connectivity index (χ1n) is 7.11. The number of rotatable bonds is 4. The van der Waals surface area contributed by atoms with Gasteiger partial charge in [-0.15, -0.1) is 0 Å². The topological polar surface area (TPSA) is 58.4 Å². The van der Waals surface area contributed by atoms with Gasteiger partial charge in [-0.3, -0.25) is 4.90 Å². The van der Waals surface area contributed by atoms with Crippen molar-refractivity contribution in [3.8, 4) is 0 Å². The van der Waals surface area contributed by atoms with Crippen LogP contribution in [0.5, 0.6) is 0 Å². The smallest absolute Gasteiger partial charge is 0.326 e. The zero-order valence-corrected chi connectivity index (χ0v) is 12.5. The number of anilines is 3. The summed E-state index contributed by atoms with van der Waals surface area (Å²) < 4.78 is 0. The second kappa shape index (κ2) is 6.79. The predicted molar refractivity (Wildman–Crippen MR) is 88.7 cm³/mol. The number of hydrogen-bond acceptors (Lipinski definition) is 2. The van der Waals surface area contributed by atoms with E-state index < -0.39 is 0 Å². The molecule has 21 heavy (non-hydrogen) atoms. The van der Waals surface area contributed by atoms with Crippen LogP contribution in [-0.2, 0) is 0 Å². The fraction of sp³-hybridized carbons (Fsp3) is 0.235. The number of aryl methyl sites for hydroxylation is 1. The number of carbonyl (C=O) groups is 1. The van der Waals surface area contributed by atoms with Gasteiger partial charge < -0.3 is 11.1 Å². The maximum absolute atomic E-state index is 12.5. The number of amides is 2. The quantitative estimate of drug-likeness (QED) is 0.832. The van der Waals surface area contributed by atoms with Crippen LogP contribution in [0.25, 0.3) is 0 Å². The van der Waals surface area contributed by atoms with Crippen LogP contribution < -0.4 is 16.0 Å². The normalized spacial score (nSPS) is 10.2. The zero-order chi connectivity index (χ0) is 15.2. The molecule has 0 fully saturated rings. The van der Waals surface area contributed by atoms with Gasteiger partial charge in [-0.05, 0) is 55.3 Å². The first-order valence-corrected chi connectivity index (χ1v) is 7.11. The monoisotopic (exact) mass is 283 g/mol. The van der Waals surface area contributed by atoms with Crippen molar-refractivity contribution in [2.45, 2.75) is 20.3 Å². The minimum absolute atomic E-state index is 0.132. The summed E-state index contributed by atoms with van der Waals surface area (Å²) in [7, 11) is 0. The van der Waals surface area contributed by atoms with Crippen LogP contribution in [0.2, 0.25) is 0 Å². The minimum atomic E-state index is -0.132. The number of carbonyl (C=O) groups excluding carboxylic acids is 1. The molecule has 0 radical (unpaired) electrons. The van der Waals surface area contributed by atoms with Gasteiger partial charge in [0.05, 0.1) is 0 Å². The van der Waals surface area contributed by atoms with Gasteiger partial charge in [0.2, 0.25) is 0 Å². The highest BCUT2D eigenvalue weighted by molar-refractivity contribution is 6.01. The molecule has 0 saturated carbocycles. The summed E-state index contributed by atoms with van der Waals surface area (Å²) in [6.45, 7) is 4.70. The second-order valence-electron chi connectivity index (χ2n) is 5.04. The third kappa shape index (κ3) is 3.99. The zero-order valence-electron chi connectivity index (χ0n) is 12.5. The van der Waals surface area contributed by atoms with Crippen LogP contribution in [0.15, 0.2) is 48.5 Å². The molecule has 0 bridgehead atoms. The Labute approximate surface area is 125 Å². The van der Waals surface area contributed by atoms with Crippen molar-refractivity contribution in [2.75, 3.05) is 22.5 Å². The van der Waals surface area contributed by atoms with Crippen LogP contribution in [0.1, 0.15) is 18.9 Å². The van der Waals surface area contributed by atoms with Crippen molar-refractivity contribution < 1.29 is 4.79 Å². The number of nitrogens with two attached hydrogens (primary N) is 1. The average Bonchev–Trinajstić information content (AvgIpc) is 2.46. The Hall–Kier alpha value is -2.49. The van der Waals surface area contributed by atoms with Crippen LogP contribution in [0, 0.1) is 6.92 Å². The third-order valence-electron chi connectivity index (χ3n) is 3.17. The summed E-state index contributed by atoms with van der Waals surface area (Å²) in [5, 5.41) is 2.94. The maximum atomic E-state index is 12.5. The van der Waals surface area contributed by atoms with Gasteiger partial charge in [0.1, 0.15) is 0 Å². The summed E-state index contributed by atoms with van der Waals surface area (Å²) in [6.07, 6.45) is 0.881. The lowest BCUT2D eigenvalue weighted by Crippen LogP contribution is -2.35. The highest BCUT2D eigenvalue weighted by atomic mass is 16.2. The SMILES string of the molecule is CCCN(C(=O)Nc1cccc(C)c1)c1ccc(N)cc1. The van der Waals surface area contributed by atoms with Crippen molar-refractivity contribution in [3.05, 3.63) is 54.1 Å². The van der Waals surface area contributed by atoms with E-state index in [0.717, 1.165) is 23.4 Å². The average molecular weight is 283 g/mol. The van der Waals surface area contributed by atoms with E-state index in [2.05, 4.69) is 5.32 Å². The molecule has 0 saturated heterocycles. The number of hydrogen-bond donors (Lipinski definition) is 2. The lowest BCUT2D eigenvalue weighted by Gasteiger charge is -2.23. The molecule has 0 aromatic heterocycles. The minimum Gasteiger partial charge on any atom is -0.399 e. The van der Waals surface area contributed by atoms with Gasteiger partial charge in [-0.2, -0.15) is 0 Å². The molecule has 0 atom stereocenters. The molecule has 0 heterocycles. The van der Waals surface area contributed by atoms with Crippen molar-refractivity contribution >= 4 is 23.1 Å². The molecule has 0 unspecified atom stereocenters. The number of nitrogens with zero attached hydrogens (tertiary/aromatic N) is 1.